The minimum atomic E-state index is -0.750. The summed E-state index contributed by atoms with van der Waals surface area (Å²) in [5, 5.41) is 28.8. The molecule has 0 fully saturated rings. The molecule has 4 N–H and O–H groups in total. The zero-order valence-electron chi connectivity index (χ0n) is 6.36. The van der Waals surface area contributed by atoms with Crippen LogP contribution in [0.1, 0.15) is 6.92 Å². The van der Waals surface area contributed by atoms with Crippen molar-refractivity contribution in [3.05, 3.63) is 0 Å². The molecule has 6 heteroatoms. The van der Waals surface area contributed by atoms with Crippen LogP contribution in [0.25, 0.3) is 0 Å². The Kier molecular flexibility index (Phi) is 202. The zero-order valence-corrected chi connectivity index (χ0v) is 12.0. The van der Waals surface area contributed by atoms with E-state index in [1.165, 1.54) is 0 Å². The molecule has 0 saturated carbocycles. The first-order chi connectivity index (χ1) is 3.83. The Bertz CT molecular complexity index is 17.2. The molecule has 0 atom stereocenters. The molecule has 60 valence electrons. The molecule has 0 aliphatic rings. The smallest absolute Gasteiger partial charge is 0.140 e. The maximum atomic E-state index is 7.57. The Hall–Kier alpha value is 2.05. The molecular formula is C4H14O4Y2. The van der Waals surface area contributed by atoms with Gasteiger partial charge in [-0.1, -0.05) is 0 Å². The van der Waals surface area contributed by atoms with Crippen LogP contribution in [0.3, 0.4) is 0 Å². The minimum absolute atomic E-state index is 0. The minimum Gasteiger partial charge on any atom is -0.400 e. The molecule has 0 unspecified atom stereocenters. The standard InChI is InChI=1S/C2H6O.CH4O2.CH4O.2Y/c1-2-3;2-1-3;1-2;;/h3H,2H2,1H3;2-3H,1H2;2H,1H3;;. The fraction of sp³-hybridized carbons (Fsp3) is 1.00. The van der Waals surface area contributed by atoms with Crippen LogP contribution in [-0.4, -0.2) is 40.9 Å². The summed E-state index contributed by atoms with van der Waals surface area (Å²) in [5.41, 5.74) is 0. The third-order valence-corrected chi connectivity index (χ3v) is 0. The summed E-state index contributed by atoms with van der Waals surface area (Å²) in [6.07, 6.45) is 0. The molecule has 0 rings (SSSR count). The van der Waals surface area contributed by atoms with Crippen LogP contribution in [0.5, 0.6) is 0 Å². The van der Waals surface area contributed by atoms with Crippen LogP contribution in [0.4, 0.5) is 0 Å². The molecule has 0 aromatic heterocycles. The fourth-order valence-electron chi connectivity index (χ4n) is 0. The first kappa shape index (κ1) is 29.6. The van der Waals surface area contributed by atoms with E-state index in [-0.39, 0.29) is 72.0 Å². The molecule has 10 heavy (non-hydrogen) atoms. The predicted octanol–water partition coefficient (Wildman–Crippen LogP) is -1.47. The third-order valence-electron chi connectivity index (χ3n) is 0. The van der Waals surface area contributed by atoms with Crippen LogP contribution in [0, 0.1) is 0 Å². The predicted molar refractivity (Wildman–Crippen MR) is 30.2 cm³/mol. The number of hydrogen-bond acceptors (Lipinski definition) is 4. The molecule has 0 aliphatic carbocycles. The molecule has 2 radical (unpaired) electrons. The van der Waals surface area contributed by atoms with Crippen molar-refractivity contribution in [2.24, 2.45) is 0 Å². The van der Waals surface area contributed by atoms with Crippen LogP contribution < -0.4 is 0 Å². The van der Waals surface area contributed by atoms with Crippen molar-refractivity contribution in [2.75, 3.05) is 20.5 Å². The van der Waals surface area contributed by atoms with E-state index in [9.17, 15) is 0 Å². The van der Waals surface area contributed by atoms with Crippen molar-refractivity contribution in [3.8, 4) is 0 Å². The van der Waals surface area contributed by atoms with E-state index in [1.54, 1.807) is 6.92 Å². The molecule has 0 bridgehead atoms. The van der Waals surface area contributed by atoms with Gasteiger partial charge in [-0.2, -0.15) is 0 Å². The molecule has 4 nitrogen and oxygen atoms in total. The van der Waals surface area contributed by atoms with Crippen LogP contribution in [0.15, 0.2) is 0 Å². The van der Waals surface area contributed by atoms with Gasteiger partial charge < -0.3 is 20.4 Å². The van der Waals surface area contributed by atoms with E-state index in [1.807, 2.05) is 0 Å². The quantitative estimate of drug-likeness (QED) is 0.412. The summed E-state index contributed by atoms with van der Waals surface area (Å²) >= 11 is 0. The molecule has 0 aliphatic heterocycles. The van der Waals surface area contributed by atoms with Gasteiger partial charge in [0.1, 0.15) is 6.79 Å². The van der Waals surface area contributed by atoms with Gasteiger partial charge >= 0.3 is 0 Å². The van der Waals surface area contributed by atoms with Crippen LogP contribution >= 0.6 is 0 Å². The second-order valence-corrected chi connectivity index (χ2v) is 0.458. The Labute approximate surface area is 112 Å². The van der Waals surface area contributed by atoms with Crippen LogP contribution in [-0.2, 0) is 65.4 Å². The second-order valence-electron chi connectivity index (χ2n) is 0.458. The molecular weight excluding hydrogens is 290 g/mol. The summed E-state index contributed by atoms with van der Waals surface area (Å²) in [6.45, 7) is 1.18. The summed E-state index contributed by atoms with van der Waals surface area (Å²) in [5.74, 6) is 0. The molecule has 0 aromatic carbocycles. The van der Waals surface area contributed by atoms with Crippen molar-refractivity contribution < 1.29 is 85.8 Å². The molecule has 0 heterocycles. The van der Waals surface area contributed by atoms with Gasteiger partial charge in [-0.05, 0) is 6.92 Å². The molecule has 0 aromatic rings. The molecule has 0 amide bonds. The van der Waals surface area contributed by atoms with E-state index in [0.29, 0.717) is 0 Å². The first-order valence-corrected chi connectivity index (χ1v) is 2.10. The van der Waals surface area contributed by atoms with Crippen molar-refractivity contribution in [3.63, 3.8) is 0 Å². The van der Waals surface area contributed by atoms with Gasteiger partial charge in [0.15, 0.2) is 0 Å². The summed E-state index contributed by atoms with van der Waals surface area (Å²) in [7, 11) is 1.00. The maximum Gasteiger partial charge on any atom is 0.140 e. The number of rotatable bonds is 0. The van der Waals surface area contributed by atoms with Crippen LogP contribution in [0.2, 0.25) is 0 Å². The van der Waals surface area contributed by atoms with Gasteiger partial charge in [0.25, 0.3) is 0 Å². The summed E-state index contributed by atoms with van der Waals surface area (Å²) in [4.78, 5) is 0. The largest absolute Gasteiger partial charge is 0.400 e. The number of aliphatic hydroxyl groups is 4. The Morgan fingerprint density at radius 2 is 0.900 bits per heavy atom. The molecule has 0 spiro atoms. The van der Waals surface area contributed by atoms with Crippen molar-refractivity contribution in [1.82, 2.24) is 0 Å². The molecule has 0 saturated heterocycles. The third kappa shape index (κ3) is 196. The average molecular weight is 304 g/mol. The van der Waals surface area contributed by atoms with Gasteiger partial charge in [0.2, 0.25) is 0 Å². The van der Waals surface area contributed by atoms with Gasteiger partial charge in [0, 0.05) is 79.1 Å². The monoisotopic (exact) mass is 304 g/mol. The zero-order chi connectivity index (χ0) is 7.41. The van der Waals surface area contributed by atoms with E-state index in [2.05, 4.69) is 0 Å². The summed E-state index contributed by atoms with van der Waals surface area (Å²) < 4.78 is 0. The SMILES string of the molecule is CCO.CO.OCO.[Y].[Y]. The summed E-state index contributed by atoms with van der Waals surface area (Å²) in [6, 6.07) is 0. The average Bonchev–Trinajstić information content (AvgIpc) is 1.75. The second kappa shape index (κ2) is 68.1. The van der Waals surface area contributed by atoms with Gasteiger partial charge in [-0.25, -0.2) is 0 Å². The van der Waals surface area contributed by atoms with Crippen molar-refractivity contribution in [1.29, 1.82) is 0 Å². The van der Waals surface area contributed by atoms with Crippen molar-refractivity contribution >= 4 is 0 Å². The topological polar surface area (TPSA) is 80.9 Å². The number of hydrogen-bond donors (Lipinski definition) is 4. The fourth-order valence-corrected chi connectivity index (χ4v) is 0. The Morgan fingerprint density at radius 3 is 0.900 bits per heavy atom. The first-order valence-electron chi connectivity index (χ1n) is 2.10. The van der Waals surface area contributed by atoms with Crippen molar-refractivity contribution in [2.45, 2.75) is 6.92 Å². The Balaban J connectivity index is -0.0000000116. The van der Waals surface area contributed by atoms with E-state index in [4.69, 9.17) is 20.4 Å². The van der Waals surface area contributed by atoms with Gasteiger partial charge in [-0.3, -0.25) is 0 Å². The Morgan fingerprint density at radius 1 is 0.900 bits per heavy atom. The van der Waals surface area contributed by atoms with E-state index < -0.39 is 6.79 Å². The normalized spacial score (nSPS) is 4.20. The van der Waals surface area contributed by atoms with Gasteiger partial charge in [-0.15, -0.1) is 0 Å². The van der Waals surface area contributed by atoms with Gasteiger partial charge in [0.05, 0.1) is 0 Å². The number of aliphatic hydroxyl groups excluding tert-OH is 3. The maximum absolute atomic E-state index is 7.57. The van der Waals surface area contributed by atoms with E-state index >= 15 is 0 Å². The van der Waals surface area contributed by atoms with E-state index in [0.717, 1.165) is 7.11 Å².